The zero-order valence-corrected chi connectivity index (χ0v) is 13.0. The van der Waals surface area contributed by atoms with E-state index in [9.17, 15) is 4.79 Å². The number of nitrogens with zero attached hydrogens (tertiary/aromatic N) is 1. The predicted molar refractivity (Wildman–Crippen MR) is 83.7 cm³/mol. The van der Waals surface area contributed by atoms with Gasteiger partial charge in [-0.05, 0) is 43.5 Å². The SMILES string of the molecule is O=C(CN1C[C@@H]2CCCN[C@@H]2C1)Nc1cccc(Br)c1. The fraction of sp³-hybridized carbons (Fsp3) is 0.533. The van der Waals surface area contributed by atoms with E-state index < -0.39 is 0 Å². The van der Waals surface area contributed by atoms with E-state index in [1.807, 2.05) is 24.3 Å². The zero-order valence-electron chi connectivity index (χ0n) is 11.4. The Bertz CT molecular complexity index is 480. The summed E-state index contributed by atoms with van der Waals surface area (Å²) in [5, 5.41) is 6.52. The monoisotopic (exact) mass is 337 g/mol. The van der Waals surface area contributed by atoms with Crippen molar-refractivity contribution in [1.82, 2.24) is 10.2 Å². The number of fused-ring (bicyclic) bond motifs is 1. The average molecular weight is 338 g/mol. The van der Waals surface area contributed by atoms with Crippen molar-refractivity contribution in [1.29, 1.82) is 0 Å². The second-order valence-electron chi connectivity index (χ2n) is 5.72. The molecule has 2 saturated heterocycles. The number of benzene rings is 1. The van der Waals surface area contributed by atoms with Crippen LogP contribution in [0.5, 0.6) is 0 Å². The van der Waals surface area contributed by atoms with Crippen LogP contribution in [0.15, 0.2) is 28.7 Å². The van der Waals surface area contributed by atoms with Crippen LogP contribution in [0.3, 0.4) is 0 Å². The molecular formula is C15H20BrN3O. The Morgan fingerprint density at radius 2 is 2.35 bits per heavy atom. The molecule has 5 heteroatoms. The summed E-state index contributed by atoms with van der Waals surface area (Å²) in [4.78, 5) is 14.4. The van der Waals surface area contributed by atoms with Crippen LogP contribution in [0.2, 0.25) is 0 Å². The fourth-order valence-corrected chi connectivity index (χ4v) is 3.63. The number of carbonyl (C=O) groups is 1. The van der Waals surface area contributed by atoms with Crippen LogP contribution in [-0.4, -0.2) is 43.0 Å². The first kappa shape index (κ1) is 14.0. The van der Waals surface area contributed by atoms with Crippen molar-refractivity contribution in [3.05, 3.63) is 28.7 Å². The number of carbonyl (C=O) groups excluding carboxylic acids is 1. The standard InChI is InChI=1S/C15H20BrN3O/c16-12-4-1-5-13(7-12)18-15(20)10-19-8-11-3-2-6-17-14(11)9-19/h1,4-5,7,11,14,17H,2-3,6,8-10H2,(H,18,20)/t11-,14+/m0/s1. The third-order valence-electron chi connectivity index (χ3n) is 4.15. The summed E-state index contributed by atoms with van der Waals surface area (Å²) in [7, 11) is 0. The maximum absolute atomic E-state index is 12.1. The molecule has 2 N–H and O–H groups in total. The highest BCUT2D eigenvalue weighted by atomic mass is 79.9. The molecule has 0 unspecified atom stereocenters. The number of piperidine rings is 1. The van der Waals surface area contributed by atoms with Gasteiger partial charge in [0.25, 0.3) is 0 Å². The number of nitrogens with one attached hydrogen (secondary N) is 2. The molecule has 0 bridgehead atoms. The molecule has 0 radical (unpaired) electrons. The molecule has 2 aliphatic rings. The van der Waals surface area contributed by atoms with Gasteiger partial charge in [0.05, 0.1) is 6.54 Å². The molecular weight excluding hydrogens is 318 g/mol. The molecule has 2 fully saturated rings. The zero-order chi connectivity index (χ0) is 13.9. The molecule has 4 nitrogen and oxygen atoms in total. The van der Waals surface area contributed by atoms with Crippen LogP contribution < -0.4 is 10.6 Å². The third-order valence-corrected chi connectivity index (χ3v) is 4.64. The lowest BCUT2D eigenvalue weighted by atomic mass is 9.94. The lowest BCUT2D eigenvalue weighted by Gasteiger charge is -2.24. The lowest BCUT2D eigenvalue weighted by Crippen LogP contribution is -2.41. The van der Waals surface area contributed by atoms with Gasteiger partial charge in [-0.2, -0.15) is 0 Å². The van der Waals surface area contributed by atoms with Gasteiger partial charge < -0.3 is 10.6 Å². The van der Waals surface area contributed by atoms with Crippen LogP contribution >= 0.6 is 15.9 Å². The van der Waals surface area contributed by atoms with E-state index in [-0.39, 0.29) is 5.91 Å². The number of hydrogen-bond acceptors (Lipinski definition) is 3. The molecule has 1 aromatic rings. The topological polar surface area (TPSA) is 44.4 Å². The second kappa shape index (κ2) is 6.24. The van der Waals surface area contributed by atoms with Gasteiger partial charge in [-0.1, -0.05) is 22.0 Å². The van der Waals surface area contributed by atoms with Crippen LogP contribution in [0, 0.1) is 5.92 Å². The molecule has 0 spiro atoms. The van der Waals surface area contributed by atoms with E-state index in [0.29, 0.717) is 12.6 Å². The van der Waals surface area contributed by atoms with Gasteiger partial charge in [0.15, 0.2) is 0 Å². The number of halogens is 1. The summed E-state index contributed by atoms with van der Waals surface area (Å²) in [5.41, 5.74) is 0.846. The molecule has 20 heavy (non-hydrogen) atoms. The summed E-state index contributed by atoms with van der Waals surface area (Å²) >= 11 is 3.41. The molecule has 108 valence electrons. The highest BCUT2D eigenvalue weighted by Gasteiger charge is 2.34. The molecule has 1 aromatic carbocycles. The van der Waals surface area contributed by atoms with E-state index in [1.165, 1.54) is 12.8 Å². The first-order valence-corrected chi connectivity index (χ1v) is 8.01. The van der Waals surface area contributed by atoms with Crippen molar-refractivity contribution in [2.24, 2.45) is 5.92 Å². The lowest BCUT2D eigenvalue weighted by molar-refractivity contribution is -0.117. The minimum Gasteiger partial charge on any atom is -0.325 e. The number of rotatable bonds is 3. The maximum atomic E-state index is 12.1. The highest BCUT2D eigenvalue weighted by molar-refractivity contribution is 9.10. The average Bonchev–Trinajstić information content (AvgIpc) is 2.80. The van der Waals surface area contributed by atoms with Crippen LogP contribution in [0.25, 0.3) is 0 Å². The normalized spacial score (nSPS) is 26.2. The first-order chi connectivity index (χ1) is 9.70. The van der Waals surface area contributed by atoms with E-state index in [0.717, 1.165) is 35.7 Å². The fourth-order valence-electron chi connectivity index (χ4n) is 3.24. The van der Waals surface area contributed by atoms with Gasteiger partial charge in [-0.25, -0.2) is 0 Å². The van der Waals surface area contributed by atoms with Crippen LogP contribution in [0.1, 0.15) is 12.8 Å². The molecule has 3 rings (SSSR count). The Kier molecular flexibility index (Phi) is 4.38. The van der Waals surface area contributed by atoms with Crippen molar-refractivity contribution in [3.8, 4) is 0 Å². The Labute approximate surface area is 128 Å². The smallest absolute Gasteiger partial charge is 0.238 e. The number of amides is 1. The van der Waals surface area contributed by atoms with Crippen molar-refractivity contribution in [3.63, 3.8) is 0 Å². The van der Waals surface area contributed by atoms with Crippen molar-refractivity contribution < 1.29 is 4.79 Å². The predicted octanol–water partition coefficient (Wildman–Crippen LogP) is 2.07. The summed E-state index contributed by atoms with van der Waals surface area (Å²) in [6, 6.07) is 8.29. The maximum Gasteiger partial charge on any atom is 0.238 e. The van der Waals surface area contributed by atoms with Crippen LogP contribution in [-0.2, 0) is 4.79 Å². The van der Waals surface area contributed by atoms with Gasteiger partial charge >= 0.3 is 0 Å². The van der Waals surface area contributed by atoms with Crippen molar-refractivity contribution in [2.75, 3.05) is 31.5 Å². The van der Waals surface area contributed by atoms with Gasteiger partial charge in [0.1, 0.15) is 0 Å². The number of hydrogen-bond donors (Lipinski definition) is 2. The molecule has 0 saturated carbocycles. The Balaban J connectivity index is 1.52. The van der Waals surface area contributed by atoms with E-state index in [4.69, 9.17) is 0 Å². The summed E-state index contributed by atoms with van der Waals surface area (Å²) < 4.78 is 0.978. The summed E-state index contributed by atoms with van der Waals surface area (Å²) in [5.74, 6) is 0.796. The third kappa shape index (κ3) is 3.40. The largest absolute Gasteiger partial charge is 0.325 e. The van der Waals surface area contributed by atoms with Gasteiger partial charge in [-0.15, -0.1) is 0 Å². The first-order valence-electron chi connectivity index (χ1n) is 7.22. The Hall–Kier alpha value is -0.910. The van der Waals surface area contributed by atoms with Gasteiger partial charge in [0, 0.05) is 29.3 Å². The summed E-state index contributed by atoms with van der Waals surface area (Å²) in [6.07, 6.45) is 2.56. The minimum absolute atomic E-state index is 0.0711. The van der Waals surface area contributed by atoms with Crippen LogP contribution in [0.4, 0.5) is 5.69 Å². The number of likely N-dealkylation sites (tertiary alicyclic amines) is 1. The second-order valence-corrected chi connectivity index (χ2v) is 6.63. The van der Waals surface area contributed by atoms with Crippen molar-refractivity contribution in [2.45, 2.75) is 18.9 Å². The molecule has 2 atom stereocenters. The number of anilines is 1. The molecule has 2 heterocycles. The Morgan fingerprint density at radius 3 is 3.15 bits per heavy atom. The van der Waals surface area contributed by atoms with E-state index in [1.54, 1.807) is 0 Å². The molecule has 1 amide bonds. The highest BCUT2D eigenvalue weighted by Crippen LogP contribution is 2.24. The quantitative estimate of drug-likeness (QED) is 0.887. The van der Waals surface area contributed by atoms with Gasteiger partial charge in [0.2, 0.25) is 5.91 Å². The van der Waals surface area contributed by atoms with Gasteiger partial charge in [-0.3, -0.25) is 9.69 Å². The molecule has 0 aromatic heterocycles. The Morgan fingerprint density at radius 1 is 1.45 bits per heavy atom. The van der Waals surface area contributed by atoms with E-state index in [2.05, 4.69) is 31.5 Å². The van der Waals surface area contributed by atoms with E-state index >= 15 is 0 Å². The summed E-state index contributed by atoms with van der Waals surface area (Å²) in [6.45, 7) is 3.65. The molecule has 2 aliphatic heterocycles. The van der Waals surface area contributed by atoms with Crippen molar-refractivity contribution >= 4 is 27.5 Å². The minimum atomic E-state index is 0.0711. The molecule has 0 aliphatic carbocycles.